The fraction of sp³-hybridized carbons (Fsp3) is 0.143. The zero-order valence-corrected chi connectivity index (χ0v) is 10.5. The van der Waals surface area contributed by atoms with Crippen molar-refractivity contribution in [2.45, 2.75) is 13.3 Å². The Labute approximate surface area is 109 Å². The second-order valence-corrected chi connectivity index (χ2v) is 4.18. The van der Waals surface area contributed by atoms with Crippen LogP contribution in [-0.2, 0) is 6.42 Å². The summed E-state index contributed by atoms with van der Waals surface area (Å²) in [4.78, 5) is 0. The Kier molecular flexibility index (Phi) is 2.79. The zero-order chi connectivity index (χ0) is 13.2. The topological polar surface area (TPSA) is 74.2 Å². The molecule has 0 spiro atoms. The smallest absolute Gasteiger partial charge is 0.179 e. The lowest BCUT2D eigenvalue weighted by Gasteiger charge is -2.09. The minimum absolute atomic E-state index is 0.520. The number of nitrogen functional groups attached to an aromatic ring is 1. The number of anilines is 1. The van der Waals surface area contributed by atoms with Crippen LogP contribution in [0.15, 0.2) is 41.0 Å². The van der Waals surface area contributed by atoms with Crippen molar-refractivity contribution in [3.63, 3.8) is 0 Å². The van der Waals surface area contributed by atoms with E-state index in [4.69, 9.17) is 15.1 Å². The molecular formula is C14H13N3O2. The molecule has 0 aliphatic carbocycles. The molecule has 0 bridgehead atoms. The minimum Gasteiger partial charge on any atom is -0.455 e. The summed E-state index contributed by atoms with van der Waals surface area (Å²) in [5.74, 6) is 1.39. The summed E-state index contributed by atoms with van der Waals surface area (Å²) in [6.07, 6.45) is 0.894. The van der Waals surface area contributed by atoms with Crippen molar-refractivity contribution in [1.29, 1.82) is 0 Å². The number of aryl methyl sites for hydroxylation is 1. The van der Waals surface area contributed by atoms with Gasteiger partial charge in [0.05, 0.1) is 5.69 Å². The molecule has 3 aromatic rings. The highest BCUT2D eigenvalue weighted by atomic mass is 16.6. The van der Waals surface area contributed by atoms with Crippen molar-refractivity contribution in [1.82, 2.24) is 10.3 Å². The fourth-order valence-electron chi connectivity index (χ4n) is 1.96. The number of para-hydroxylation sites is 1. The fourth-order valence-corrected chi connectivity index (χ4v) is 1.96. The SMILES string of the molecule is CCc1ccccc1Oc1ccc(N)c2nonc12. The minimum atomic E-state index is 0.520. The predicted molar refractivity (Wildman–Crippen MR) is 72.1 cm³/mol. The van der Waals surface area contributed by atoms with Crippen LogP contribution in [0.4, 0.5) is 5.69 Å². The van der Waals surface area contributed by atoms with E-state index in [0.717, 1.165) is 17.7 Å². The molecule has 3 rings (SSSR count). The molecule has 96 valence electrons. The second-order valence-electron chi connectivity index (χ2n) is 4.18. The molecule has 0 unspecified atom stereocenters. The van der Waals surface area contributed by atoms with E-state index in [9.17, 15) is 0 Å². The number of benzene rings is 2. The van der Waals surface area contributed by atoms with Crippen molar-refractivity contribution in [2.24, 2.45) is 0 Å². The van der Waals surface area contributed by atoms with E-state index in [2.05, 4.69) is 17.2 Å². The first kappa shape index (κ1) is 11.5. The summed E-state index contributed by atoms with van der Waals surface area (Å²) in [5.41, 5.74) is 8.50. The molecular weight excluding hydrogens is 242 g/mol. The molecule has 5 nitrogen and oxygen atoms in total. The van der Waals surface area contributed by atoms with Crippen LogP contribution in [0.1, 0.15) is 12.5 Å². The first-order chi connectivity index (χ1) is 9.29. The van der Waals surface area contributed by atoms with Crippen molar-refractivity contribution in [3.8, 4) is 11.5 Å². The summed E-state index contributed by atoms with van der Waals surface area (Å²) >= 11 is 0. The van der Waals surface area contributed by atoms with Gasteiger partial charge in [0.1, 0.15) is 5.75 Å². The molecule has 0 aliphatic heterocycles. The predicted octanol–water partition coefficient (Wildman–Crippen LogP) is 3.16. The Bertz CT molecular complexity index is 722. The van der Waals surface area contributed by atoms with Crippen LogP contribution in [0.3, 0.4) is 0 Å². The lowest BCUT2D eigenvalue weighted by molar-refractivity contribution is 0.314. The number of aromatic nitrogens is 2. The number of nitrogens with two attached hydrogens (primary N) is 1. The van der Waals surface area contributed by atoms with Crippen LogP contribution in [0, 0.1) is 0 Å². The lowest BCUT2D eigenvalue weighted by Crippen LogP contribution is -1.93. The first-order valence-electron chi connectivity index (χ1n) is 6.06. The number of hydrogen-bond acceptors (Lipinski definition) is 5. The van der Waals surface area contributed by atoms with Crippen LogP contribution < -0.4 is 10.5 Å². The largest absolute Gasteiger partial charge is 0.455 e. The monoisotopic (exact) mass is 255 g/mol. The normalized spacial score (nSPS) is 10.8. The third kappa shape index (κ3) is 1.99. The molecule has 0 atom stereocenters. The molecule has 0 aliphatic rings. The summed E-state index contributed by atoms with van der Waals surface area (Å²) in [5, 5.41) is 7.61. The van der Waals surface area contributed by atoms with E-state index in [1.807, 2.05) is 24.3 Å². The van der Waals surface area contributed by atoms with E-state index in [1.54, 1.807) is 12.1 Å². The Hall–Kier alpha value is -2.56. The molecule has 0 saturated carbocycles. The molecule has 0 fully saturated rings. The molecule has 0 amide bonds. The Morgan fingerprint density at radius 1 is 1.05 bits per heavy atom. The van der Waals surface area contributed by atoms with Gasteiger partial charge in [-0.15, -0.1) is 0 Å². The number of hydrogen-bond donors (Lipinski definition) is 1. The van der Waals surface area contributed by atoms with Gasteiger partial charge in [0.2, 0.25) is 0 Å². The standard InChI is InChI=1S/C14H13N3O2/c1-2-9-5-3-4-6-11(9)18-12-8-7-10(15)13-14(12)17-19-16-13/h3-8H,2,15H2,1H3. The van der Waals surface area contributed by atoms with Gasteiger partial charge in [-0.2, -0.15) is 0 Å². The van der Waals surface area contributed by atoms with Crippen LogP contribution in [0.2, 0.25) is 0 Å². The Balaban J connectivity index is 2.06. The molecule has 0 saturated heterocycles. The summed E-state index contributed by atoms with van der Waals surface area (Å²) in [6.45, 7) is 2.08. The van der Waals surface area contributed by atoms with Crippen molar-refractivity contribution in [2.75, 3.05) is 5.73 Å². The van der Waals surface area contributed by atoms with Crippen LogP contribution in [0.25, 0.3) is 11.0 Å². The molecule has 1 heterocycles. The van der Waals surface area contributed by atoms with Crippen molar-refractivity contribution >= 4 is 16.7 Å². The maximum Gasteiger partial charge on any atom is 0.179 e. The van der Waals surface area contributed by atoms with Crippen molar-refractivity contribution < 1.29 is 9.37 Å². The number of fused-ring (bicyclic) bond motifs is 1. The highest BCUT2D eigenvalue weighted by Gasteiger charge is 2.12. The van der Waals surface area contributed by atoms with Gasteiger partial charge in [0, 0.05) is 0 Å². The number of nitrogens with zero attached hydrogens (tertiary/aromatic N) is 2. The summed E-state index contributed by atoms with van der Waals surface area (Å²) in [6, 6.07) is 11.4. The van der Waals surface area contributed by atoms with E-state index < -0.39 is 0 Å². The van der Waals surface area contributed by atoms with Crippen LogP contribution in [0.5, 0.6) is 11.5 Å². The molecule has 1 aromatic heterocycles. The quantitative estimate of drug-likeness (QED) is 0.727. The highest BCUT2D eigenvalue weighted by Crippen LogP contribution is 2.32. The van der Waals surface area contributed by atoms with Gasteiger partial charge < -0.3 is 10.5 Å². The average molecular weight is 255 g/mol. The van der Waals surface area contributed by atoms with E-state index in [0.29, 0.717) is 22.5 Å². The second kappa shape index (κ2) is 4.61. The van der Waals surface area contributed by atoms with Gasteiger partial charge in [0.15, 0.2) is 16.8 Å². The van der Waals surface area contributed by atoms with Gasteiger partial charge in [-0.3, -0.25) is 0 Å². The van der Waals surface area contributed by atoms with E-state index >= 15 is 0 Å². The lowest BCUT2D eigenvalue weighted by atomic mass is 10.1. The molecule has 19 heavy (non-hydrogen) atoms. The van der Waals surface area contributed by atoms with Crippen molar-refractivity contribution in [3.05, 3.63) is 42.0 Å². The average Bonchev–Trinajstić information content (AvgIpc) is 2.93. The third-order valence-corrected chi connectivity index (χ3v) is 2.98. The third-order valence-electron chi connectivity index (χ3n) is 2.98. The van der Waals surface area contributed by atoms with Gasteiger partial charge in [-0.25, -0.2) is 4.63 Å². The van der Waals surface area contributed by atoms with E-state index in [-0.39, 0.29) is 0 Å². The van der Waals surface area contributed by atoms with E-state index in [1.165, 1.54) is 0 Å². The highest BCUT2D eigenvalue weighted by molar-refractivity contribution is 5.90. The summed E-state index contributed by atoms with van der Waals surface area (Å²) < 4.78 is 10.6. The number of rotatable bonds is 3. The maximum absolute atomic E-state index is 5.91. The van der Waals surface area contributed by atoms with Gasteiger partial charge in [0.25, 0.3) is 0 Å². The van der Waals surface area contributed by atoms with Gasteiger partial charge >= 0.3 is 0 Å². The van der Waals surface area contributed by atoms with Gasteiger partial charge in [-0.05, 0) is 40.5 Å². The zero-order valence-electron chi connectivity index (χ0n) is 10.5. The van der Waals surface area contributed by atoms with Gasteiger partial charge in [-0.1, -0.05) is 25.1 Å². The molecule has 5 heteroatoms. The Morgan fingerprint density at radius 2 is 1.84 bits per heavy atom. The summed E-state index contributed by atoms with van der Waals surface area (Å²) in [7, 11) is 0. The van der Waals surface area contributed by atoms with Crippen LogP contribution >= 0.6 is 0 Å². The maximum atomic E-state index is 5.91. The molecule has 2 aromatic carbocycles. The molecule has 0 radical (unpaired) electrons. The molecule has 2 N–H and O–H groups in total. The first-order valence-corrected chi connectivity index (χ1v) is 6.06. The Morgan fingerprint density at radius 3 is 2.68 bits per heavy atom. The number of ether oxygens (including phenoxy) is 1. The van der Waals surface area contributed by atoms with Crippen LogP contribution in [-0.4, -0.2) is 10.3 Å².